The van der Waals surface area contributed by atoms with Gasteiger partial charge in [0.2, 0.25) is 5.91 Å². The Morgan fingerprint density at radius 1 is 1.04 bits per heavy atom. The fourth-order valence-electron chi connectivity index (χ4n) is 4.62. The number of hydrogen-bond donors (Lipinski definition) is 3. The van der Waals surface area contributed by atoms with Crippen LogP contribution in [0.5, 0.6) is 0 Å². The van der Waals surface area contributed by atoms with Crippen molar-refractivity contribution in [3.8, 4) is 0 Å². The fourth-order valence-corrected chi connectivity index (χ4v) is 4.62. The van der Waals surface area contributed by atoms with Crippen molar-refractivity contribution in [2.45, 2.75) is 76.0 Å². The van der Waals surface area contributed by atoms with Crippen molar-refractivity contribution in [1.29, 1.82) is 0 Å². The molecule has 7 nitrogen and oxygen atoms in total. The van der Waals surface area contributed by atoms with Crippen LogP contribution < -0.4 is 10.6 Å². The van der Waals surface area contributed by atoms with Gasteiger partial charge in [0.05, 0.1) is 31.9 Å². The van der Waals surface area contributed by atoms with Gasteiger partial charge in [0.1, 0.15) is 0 Å². The number of hydrogen-bond acceptors (Lipinski definition) is 4. The summed E-state index contributed by atoms with van der Waals surface area (Å²) in [6.45, 7) is 1.51. The molecule has 3 N–H and O–H groups in total. The SMILES string of the molecule is O=C(NCC(=O)N1CCOCC1C1CCCCC1O)NC1CCCCC1. The molecule has 3 rings (SSSR count). The summed E-state index contributed by atoms with van der Waals surface area (Å²) in [5, 5.41) is 16.0. The molecule has 148 valence electrons. The highest BCUT2D eigenvalue weighted by atomic mass is 16.5. The zero-order valence-electron chi connectivity index (χ0n) is 15.6. The van der Waals surface area contributed by atoms with Crippen molar-refractivity contribution >= 4 is 11.9 Å². The quantitative estimate of drug-likeness (QED) is 0.700. The van der Waals surface area contributed by atoms with Crippen molar-refractivity contribution in [2.75, 3.05) is 26.3 Å². The number of nitrogens with zero attached hydrogens (tertiary/aromatic N) is 1. The second kappa shape index (κ2) is 9.55. The molecule has 3 aliphatic rings. The first-order valence-corrected chi connectivity index (χ1v) is 10.2. The van der Waals surface area contributed by atoms with Crippen LogP contribution in [-0.2, 0) is 9.53 Å². The van der Waals surface area contributed by atoms with Crippen LogP contribution in [0.1, 0.15) is 57.8 Å². The van der Waals surface area contributed by atoms with Crippen LogP contribution in [0.4, 0.5) is 4.79 Å². The van der Waals surface area contributed by atoms with Crippen LogP contribution in [-0.4, -0.2) is 66.4 Å². The number of carbonyl (C=O) groups excluding carboxylic acids is 2. The van der Waals surface area contributed by atoms with Gasteiger partial charge in [-0.25, -0.2) is 4.79 Å². The van der Waals surface area contributed by atoms with Crippen molar-refractivity contribution in [3.63, 3.8) is 0 Å². The lowest BCUT2D eigenvalue weighted by Gasteiger charge is -2.43. The Balaban J connectivity index is 1.49. The number of rotatable bonds is 4. The monoisotopic (exact) mass is 367 g/mol. The number of morpholine rings is 1. The average molecular weight is 367 g/mol. The summed E-state index contributed by atoms with van der Waals surface area (Å²) in [4.78, 5) is 26.6. The van der Waals surface area contributed by atoms with Gasteiger partial charge in [0.25, 0.3) is 0 Å². The number of nitrogens with one attached hydrogen (secondary N) is 2. The molecule has 3 fully saturated rings. The summed E-state index contributed by atoms with van der Waals surface area (Å²) in [6, 6.07) is -0.116. The number of aliphatic hydroxyl groups excluding tert-OH is 1. The largest absolute Gasteiger partial charge is 0.393 e. The highest BCUT2D eigenvalue weighted by molar-refractivity contribution is 5.84. The molecule has 0 bridgehead atoms. The van der Waals surface area contributed by atoms with E-state index in [1.807, 2.05) is 4.90 Å². The number of ether oxygens (including phenoxy) is 1. The second-order valence-electron chi connectivity index (χ2n) is 7.91. The molecule has 2 aliphatic carbocycles. The maximum absolute atomic E-state index is 12.7. The van der Waals surface area contributed by atoms with E-state index < -0.39 is 0 Å². The summed E-state index contributed by atoms with van der Waals surface area (Å²) in [5.41, 5.74) is 0. The normalized spacial score (nSPS) is 30.7. The standard InChI is InChI=1S/C19H33N3O4/c23-17-9-5-4-8-15(17)16-13-26-11-10-22(16)18(24)12-20-19(25)21-14-6-2-1-3-7-14/h14-17,23H,1-13H2,(H2,20,21,25). The minimum absolute atomic E-state index is 0.00211. The molecule has 26 heavy (non-hydrogen) atoms. The Labute approximate surface area is 155 Å². The summed E-state index contributed by atoms with van der Waals surface area (Å²) in [5.74, 6) is -0.0149. The van der Waals surface area contributed by atoms with Gasteiger partial charge in [0.15, 0.2) is 0 Å². The van der Waals surface area contributed by atoms with Gasteiger partial charge in [-0.2, -0.15) is 0 Å². The highest BCUT2D eigenvalue weighted by Crippen LogP contribution is 2.31. The molecule has 0 aromatic heterocycles. The van der Waals surface area contributed by atoms with E-state index in [4.69, 9.17) is 4.74 Å². The molecule has 2 saturated carbocycles. The first-order valence-electron chi connectivity index (χ1n) is 10.2. The molecular formula is C19H33N3O4. The Morgan fingerprint density at radius 3 is 2.54 bits per heavy atom. The summed E-state index contributed by atoms with van der Waals surface area (Å²) >= 11 is 0. The number of urea groups is 1. The highest BCUT2D eigenvalue weighted by Gasteiger charge is 2.38. The first kappa shape index (κ1) is 19.4. The van der Waals surface area contributed by atoms with Gasteiger partial charge < -0.3 is 25.4 Å². The van der Waals surface area contributed by atoms with E-state index >= 15 is 0 Å². The Bertz CT molecular complexity index is 481. The van der Waals surface area contributed by atoms with E-state index in [-0.39, 0.29) is 42.6 Å². The van der Waals surface area contributed by atoms with Crippen LogP contribution in [0, 0.1) is 5.92 Å². The van der Waals surface area contributed by atoms with Crippen molar-refractivity contribution in [3.05, 3.63) is 0 Å². The Morgan fingerprint density at radius 2 is 1.77 bits per heavy atom. The van der Waals surface area contributed by atoms with Crippen molar-refractivity contribution < 1.29 is 19.4 Å². The molecule has 1 heterocycles. The second-order valence-corrected chi connectivity index (χ2v) is 7.91. The molecule has 0 aromatic carbocycles. The number of aliphatic hydroxyl groups is 1. The molecule has 0 radical (unpaired) electrons. The molecular weight excluding hydrogens is 334 g/mol. The van der Waals surface area contributed by atoms with Gasteiger partial charge >= 0.3 is 6.03 Å². The van der Waals surface area contributed by atoms with Crippen molar-refractivity contribution in [1.82, 2.24) is 15.5 Å². The third-order valence-electron chi connectivity index (χ3n) is 6.10. The summed E-state index contributed by atoms with van der Waals surface area (Å²) in [6.07, 6.45) is 9.08. The van der Waals surface area contributed by atoms with Gasteiger partial charge in [-0.05, 0) is 25.7 Å². The molecule has 3 unspecified atom stereocenters. The minimum atomic E-state index is -0.367. The maximum atomic E-state index is 12.7. The van der Waals surface area contributed by atoms with E-state index in [1.54, 1.807) is 0 Å². The van der Waals surface area contributed by atoms with Crippen molar-refractivity contribution in [2.24, 2.45) is 5.92 Å². The van der Waals surface area contributed by atoms with E-state index in [2.05, 4.69) is 10.6 Å². The Kier molecular flexibility index (Phi) is 7.14. The summed E-state index contributed by atoms with van der Waals surface area (Å²) < 4.78 is 5.59. The molecule has 3 atom stereocenters. The van der Waals surface area contributed by atoms with E-state index in [0.717, 1.165) is 51.4 Å². The van der Waals surface area contributed by atoms with E-state index in [0.29, 0.717) is 19.8 Å². The van der Waals surface area contributed by atoms with Crippen LogP contribution in [0.15, 0.2) is 0 Å². The summed E-state index contributed by atoms with van der Waals surface area (Å²) in [7, 11) is 0. The lowest BCUT2D eigenvalue weighted by atomic mass is 9.80. The smallest absolute Gasteiger partial charge is 0.315 e. The molecule has 1 aliphatic heterocycles. The third-order valence-corrected chi connectivity index (χ3v) is 6.10. The van der Waals surface area contributed by atoms with Gasteiger partial charge in [-0.15, -0.1) is 0 Å². The predicted octanol–water partition coefficient (Wildman–Crippen LogP) is 1.40. The molecule has 0 aromatic rings. The van der Waals surface area contributed by atoms with E-state index in [9.17, 15) is 14.7 Å². The number of carbonyl (C=O) groups is 2. The molecule has 3 amide bonds. The lowest BCUT2D eigenvalue weighted by molar-refractivity contribution is -0.144. The predicted molar refractivity (Wildman–Crippen MR) is 97.7 cm³/mol. The van der Waals surface area contributed by atoms with Crippen LogP contribution in [0.3, 0.4) is 0 Å². The lowest BCUT2D eigenvalue weighted by Crippen LogP contribution is -2.57. The van der Waals surface area contributed by atoms with Gasteiger partial charge in [0, 0.05) is 18.5 Å². The van der Waals surface area contributed by atoms with Gasteiger partial charge in [-0.1, -0.05) is 32.1 Å². The molecule has 1 saturated heterocycles. The fraction of sp³-hybridized carbons (Fsp3) is 0.895. The molecule has 7 heteroatoms. The average Bonchev–Trinajstić information content (AvgIpc) is 2.67. The minimum Gasteiger partial charge on any atom is -0.393 e. The van der Waals surface area contributed by atoms with Crippen LogP contribution in [0.2, 0.25) is 0 Å². The van der Waals surface area contributed by atoms with Gasteiger partial charge in [-0.3, -0.25) is 4.79 Å². The Hall–Kier alpha value is -1.34. The zero-order valence-corrected chi connectivity index (χ0v) is 15.6. The third kappa shape index (κ3) is 5.10. The number of amides is 3. The maximum Gasteiger partial charge on any atom is 0.315 e. The van der Waals surface area contributed by atoms with E-state index in [1.165, 1.54) is 6.42 Å². The zero-order chi connectivity index (χ0) is 18.4. The first-order chi connectivity index (χ1) is 12.6. The van der Waals surface area contributed by atoms with Crippen LogP contribution >= 0.6 is 0 Å². The topological polar surface area (TPSA) is 90.9 Å². The van der Waals surface area contributed by atoms with Crippen LogP contribution in [0.25, 0.3) is 0 Å². The molecule has 0 spiro atoms.